The summed E-state index contributed by atoms with van der Waals surface area (Å²) in [6, 6.07) is 0. The Labute approximate surface area is 63.0 Å². The lowest BCUT2D eigenvalue weighted by molar-refractivity contribution is 0.813. The molecule has 1 aromatic heterocycles. The lowest BCUT2D eigenvalue weighted by Crippen LogP contribution is -1.96. The molecule has 0 amide bonds. The number of imidazole rings is 1. The maximum Gasteiger partial charge on any atom is 0.109 e. The Morgan fingerprint density at radius 2 is 2.56 bits per heavy atom. The average molecular weight is 189 g/mol. The number of halogens is 1. The van der Waals surface area contributed by atoms with Crippen molar-refractivity contribution in [1.29, 1.82) is 0 Å². The topological polar surface area (TPSA) is 17.8 Å². The minimum absolute atomic E-state index is 0.984. The van der Waals surface area contributed by atoms with E-state index in [4.69, 9.17) is 0 Å². The average Bonchev–Trinajstić information content (AvgIpc) is 2.18. The lowest BCUT2D eigenvalue weighted by atomic mass is 10.5. The van der Waals surface area contributed by atoms with Gasteiger partial charge >= 0.3 is 0 Å². The predicted molar refractivity (Wildman–Crippen MR) is 40.7 cm³/mol. The highest BCUT2D eigenvalue weighted by molar-refractivity contribution is 9.09. The van der Waals surface area contributed by atoms with Crippen molar-refractivity contribution in [2.75, 3.05) is 5.33 Å². The summed E-state index contributed by atoms with van der Waals surface area (Å²) in [6.07, 6.45) is 4.78. The minimum atomic E-state index is 0.984. The number of aromatic nitrogens is 2. The smallest absolute Gasteiger partial charge is 0.109 e. The molecular weight excluding hydrogens is 180 g/mol. The van der Waals surface area contributed by atoms with E-state index in [2.05, 4.69) is 20.9 Å². The normalized spacial score (nSPS) is 10.0. The molecule has 0 radical (unpaired) electrons. The van der Waals surface area contributed by atoms with Crippen molar-refractivity contribution < 1.29 is 0 Å². The van der Waals surface area contributed by atoms with Gasteiger partial charge in [0.2, 0.25) is 0 Å². The van der Waals surface area contributed by atoms with Gasteiger partial charge in [-0.2, -0.15) is 0 Å². The summed E-state index contributed by atoms with van der Waals surface area (Å²) in [5.41, 5.74) is 0. The Balaban J connectivity index is 2.69. The second kappa shape index (κ2) is 3.01. The lowest BCUT2D eigenvalue weighted by Gasteiger charge is -1.95. The van der Waals surface area contributed by atoms with Crippen molar-refractivity contribution in [3.05, 3.63) is 18.2 Å². The molecule has 2 nitrogen and oxygen atoms in total. The highest BCUT2D eigenvalue weighted by Gasteiger charge is 1.94. The van der Waals surface area contributed by atoms with Crippen molar-refractivity contribution in [3.8, 4) is 0 Å². The van der Waals surface area contributed by atoms with Crippen molar-refractivity contribution in [2.45, 2.75) is 6.42 Å². The van der Waals surface area contributed by atoms with Gasteiger partial charge in [0.15, 0.2) is 0 Å². The summed E-state index contributed by atoms with van der Waals surface area (Å²) < 4.78 is 2.03. The zero-order chi connectivity index (χ0) is 6.69. The first-order chi connectivity index (χ1) is 4.34. The van der Waals surface area contributed by atoms with Crippen molar-refractivity contribution in [1.82, 2.24) is 9.55 Å². The molecule has 0 aromatic carbocycles. The van der Waals surface area contributed by atoms with Gasteiger partial charge < -0.3 is 4.57 Å². The first-order valence-electron chi connectivity index (χ1n) is 2.86. The number of hydrogen-bond acceptors (Lipinski definition) is 1. The molecule has 0 aliphatic rings. The van der Waals surface area contributed by atoms with E-state index in [9.17, 15) is 0 Å². The van der Waals surface area contributed by atoms with Crippen molar-refractivity contribution in [3.63, 3.8) is 0 Å². The highest BCUT2D eigenvalue weighted by Crippen LogP contribution is 1.96. The molecule has 0 atom stereocenters. The number of alkyl halides is 1. The van der Waals surface area contributed by atoms with E-state index in [-0.39, 0.29) is 0 Å². The minimum Gasteiger partial charge on any atom is -0.338 e. The number of rotatable bonds is 2. The number of aryl methyl sites for hydroxylation is 2. The molecule has 0 fully saturated rings. The van der Waals surface area contributed by atoms with Crippen LogP contribution in [0.15, 0.2) is 12.4 Å². The van der Waals surface area contributed by atoms with Gasteiger partial charge in [-0.25, -0.2) is 4.98 Å². The van der Waals surface area contributed by atoms with E-state index >= 15 is 0 Å². The van der Waals surface area contributed by atoms with Gasteiger partial charge in [0.1, 0.15) is 5.82 Å². The van der Waals surface area contributed by atoms with Gasteiger partial charge in [-0.3, -0.25) is 0 Å². The van der Waals surface area contributed by atoms with E-state index in [1.807, 2.05) is 24.0 Å². The molecule has 0 spiro atoms. The van der Waals surface area contributed by atoms with Crippen molar-refractivity contribution >= 4 is 15.9 Å². The fraction of sp³-hybridized carbons (Fsp3) is 0.500. The maximum atomic E-state index is 4.14. The second-order valence-corrected chi connectivity index (χ2v) is 2.69. The fourth-order valence-corrected chi connectivity index (χ4v) is 1.08. The number of hydrogen-bond donors (Lipinski definition) is 0. The van der Waals surface area contributed by atoms with Crippen LogP contribution >= 0.6 is 15.9 Å². The van der Waals surface area contributed by atoms with E-state index in [0.29, 0.717) is 0 Å². The van der Waals surface area contributed by atoms with Crippen LogP contribution in [0.4, 0.5) is 0 Å². The third-order valence-corrected chi connectivity index (χ3v) is 1.64. The zero-order valence-corrected chi connectivity index (χ0v) is 6.93. The molecule has 0 unspecified atom stereocenters. The van der Waals surface area contributed by atoms with Crippen LogP contribution in [0.1, 0.15) is 5.82 Å². The largest absolute Gasteiger partial charge is 0.338 e. The number of nitrogens with zero attached hydrogens (tertiary/aromatic N) is 2. The summed E-state index contributed by atoms with van der Waals surface area (Å²) in [7, 11) is 2.00. The maximum absolute atomic E-state index is 4.14. The molecule has 9 heavy (non-hydrogen) atoms. The van der Waals surface area contributed by atoms with E-state index in [1.165, 1.54) is 0 Å². The van der Waals surface area contributed by atoms with Crippen LogP contribution < -0.4 is 0 Å². The van der Waals surface area contributed by atoms with Crippen LogP contribution in [0, 0.1) is 0 Å². The van der Waals surface area contributed by atoms with E-state index in [0.717, 1.165) is 17.6 Å². The molecule has 1 aromatic rings. The summed E-state index contributed by atoms with van der Waals surface area (Å²) in [6.45, 7) is 0. The molecule has 0 aliphatic carbocycles. The standard InChI is InChI=1S/C6H9BrN2/c1-9-5-4-8-6(9)2-3-7/h4-5H,2-3H2,1H3. The summed E-state index contributed by atoms with van der Waals surface area (Å²) >= 11 is 3.35. The van der Waals surface area contributed by atoms with Gasteiger partial charge in [-0.1, -0.05) is 15.9 Å². The molecule has 0 aliphatic heterocycles. The Morgan fingerprint density at radius 1 is 1.78 bits per heavy atom. The first-order valence-corrected chi connectivity index (χ1v) is 3.99. The van der Waals surface area contributed by atoms with Gasteiger partial charge in [0, 0.05) is 31.2 Å². The van der Waals surface area contributed by atoms with Gasteiger partial charge in [0.25, 0.3) is 0 Å². The third kappa shape index (κ3) is 1.55. The van der Waals surface area contributed by atoms with Gasteiger partial charge in [-0.15, -0.1) is 0 Å². The van der Waals surface area contributed by atoms with E-state index in [1.54, 1.807) is 0 Å². The van der Waals surface area contributed by atoms with E-state index < -0.39 is 0 Å². The molecule has 0 saturated heterocycles. The Hall–Kier alpha value is -0.310. The summed E-state index contributed by atoms with van der Waals surface area (Å²) in [5, 5.41) is 0.984. The van der Waals surface area contributed by atoms with Crippen LogP contribution in [0.3, 0.4) is 0 Å². The SMILES string of the molecule is Cn1ccnc1CCBr. The molecule has 3 heteroatoms. The van der Waals surface area contributed by atoms with Crippen LogP contribution in [0.2, 0.25) is 0 Å². The second-order valence-electron chi connectivity index (χ2n) is 1.89. The van der Waals surface area contributed by atoms with Crippen LogP contribution in [-0.2, 0) is 13.5 Å². The third-order valence-electron chi connectivity index (χ3n) is 1.24. The van der Waals surface area contributed by atoms with Crippen LogP contribution in [0.25, 0.3) is 0 Å². The molecular formula is C6H9BrN2. The monoisotopic (exact) mass is 188 g/mol. The van der Waals surface area contributed by atoms with Crippen LogP contribution in [-0.4, -0.2) is 14.9 Å². The fourth-order valence-electron chi connectivity index (χ4n) is 0.722. The summed E-state index contributed by atoms with van der Waals surface area (Å²) in [4.78, 5) is 4.14. The first kappa shape index (κ1) is 6.81. The Morgan fingerprint density at radius 3 is 3.00 bits per heavy atom. The quantitative estimate of drug-likeness (QED) is 0.642. The Kier molecular flexibility index (Phi) is 2.28. The molecule has 1 heterocycles. The molecule has 0 N–H and O–H groups in total. The Bertz CT molecular complexity index is 183. The molecule has 0 saturated carbocycles. The molecule has 50 valence electrons. The van der Waals surface area contributed by atoms with Crippen LogP contribution in [0.5, 0.6) is 0 Å². The predicted octanol–water partition coefficient (Wildman–Crippen LogP) is 1.36. The van der Waals surface area contributed by atoms with Crippen molar-refractivity contribution in [2.24, 2.45) is 7.05 Å². The highest BCUT2D eigenvalue weighted by atomic mass is 79.9. The van der Waals surface area contributed by atoms with Gasteiger partial charge in [0.05, 0.1) is 0 Å². The summed E-state index contributed by atoms with van der Waals surface area (Å²) in [5.74, 6) is 1.13. The zero-order valence-electron chi connectivity index (χ0n) is 5.34. The molecule has 1 rings (SSSR count). The van der Waals surface area contributed by atoms with Gasteiger partial charge in [-0.05, 0) is 0 Å². The molecule has 0 bridgehead atoms.